The highest BCUT2D eigenvalue weighted by molar-refractivity contribution is 7.07. The lowest BCUT2D eigenvalue weighted by Gasteiger charge is -2.18. The Morgan fingerprint density at radius 1 is 1.07 bits per heavy atom. The summed E-state index contributed by atoms with van der Waals surface area (Å²) in [7, 11) is 0. The number of hydrogen-bond acceptors (Lipinski definition) is 6. The van der Waals surface area contributed by atoms with Crippen LogP contribution in [0.1, 0.15) is 48.4 Å². The van der Waals surface area contributed by atoms with Crippen molar-refractivity contribution in [3.8, 4) is 17.2 Å². The molecule has 7 heteroatoms. The zero-order valence-corrected chi connectivity index (χ0v) is 18.2. The van der Waals surface area contributed by atoms with Crippen LogP contribution in [0.15, 0.2) is 53.4 Å². The van der Waals surface area contributed by atoms with E-state index < -0.39 is 0 Å². The van der Waals surface area contributed by atoms with Crippen molar-refractivity contribution in [2.24, 2.45) is 0 Å². The molecule has 1 unspecified atom stereocenters. The molecular weight excluding hydrogens is 400 g/mol. The van der Waals surface area contributed by atoms with Crippen LogP contribution in [-0.2, 0) is 6.61 Å². The van der Waals surface area contributed by atoms with Crippen molar-refractivity contribution in [1.29, 1.82) is 0 Å². The summed E-state index contributed by atoms with van der Waals surface area (Å²) in [5.74, 6) is 1.83. The Hall–Kier alpha value is -3.06. The number of thiazole rings is 1. The molecule has 0 radical (unpaired) electrons. The molecule has 1 amide bonds. The first kappa shape index (κ1) is 21.6. The van der Waals surface area contributed by atoms with Crippen LogP contribution in [-0.4, -0.2) is 24.1 Å². The van der Waals surface area contributed by atoms with Crippen molar-refractivity contribution in [3.63, 3.8) is 0 Å². The van der Waals surface area contributed by atoms with Gasteiger partial charge in [0.15, 0.2) is 11.5 Å². The minimum Gasteiger partial charge on any atom is -0.490 e. The van der Waals surface area contributed by atoms with Gasteiger partial charge in [0.05, 0.1) is 30.5 Å². The number of aromatic nitrogens is 1. The average molecular weight is 427 g/mol. The minimum atomic E-state index is -0.202. The van der Waals surface area contributed by atoms with E-state index in [4.69, 9.17) is 14.2 Å². The molecule has 3 rings (SSSR count). The molecule has 1 atom stereocenters. The van der Waals surface area contributed by atoms with E-state index in [1.807, 2.05) is 50.4 Å². The first-order chi connectivity index (χ1) is 14.6. The minimum absolute atomic E-state index is 0.173. The van der Waals surface area contributed by atoms with E-state index in [1.54, 1.807) is 23.7 Å². The standard InChI is InChI=1S/C23H26N2O4S/c1-4-27-21-10-9-17(12-22(21)28-5-2)16(3)25-23(26)18-7-6-8-20(11-18)29-13-19-14-30-15-24-19/h6-12,14-16H,4-5,13H2,1-3H3,(H,25,26). The Morgan fingerprint density at radius 3 is 2.60 bits per heavy atom. The second kappa shape index (κ2) is 10.6. The molecule has 6 nitrogen and oxygen atoms in total. The molecule has 0 aliphatic carbocycles. The predicted molar refractivity (Wildman–Crippen MR) is 118 cm³/mol. The number of nitrogens with one attached hydrogen (secondary N) is 1. The Kier molecular flexibility index (Phi) is 7.68. The summed E-state index contributed by atoms with van der Waals surface area (Å²) >= 11 is 1.52. The average Bonchev–Trinajstić information content (AvgIpc) is 3.27. The van der Waals surface area contributed by atoms with Gasteiger partial charge in [0.2, 0.25) is 0 Å². The molecule has 0 saturated carbocycles. The fourth-order valence-corrected chi connectivity index (χ4v) is 3.44. The van der Waals surface area contributed by atoms with Gasteiger partial charge in [-0.05, 0) is 56.7 Å². The topological polar surface area (TPSA) is 69.7 Å². The van der Waals surface area contributed by atoms with Crippen LogP contribution >= 0.6 is 11.3 Å². The number of ether oxygens (including phenoxy) is 3. The van der Waals surface area contributed by atoms with Crippen LogP contribution < -0.4 is 19.5 Å². The first-order valence-corrected chi connectivity index (χ1v) is 10.8. The molecule has 1 aromatic heterocycles. The number of hydrogen-bond donors (Lipinski definition) is 1. The van der Waals surface area contributed by atoms with Gasteiger partial charge in [0, 0.05) is 10.9 Å². The maximum atomic E-state index is 12.8. The van der Waals surface area contributed by atoms with E-state index in [1.165, 1.54) is 11.3 Å². The van der Waals surface area contributed by atoms with Crippen LogP contribution in [0, 0.1) is 0 Å². The highest BCUT2D eigenvalue weighted by atomic mass is 32.1. The van der Waals surface area contributed by atoms with Gasteiger partial charge in [0.25, 0.3) is 5.91 Å². The predicted octanol–water partition coefficient (Wildman–Crippen LogP) is 5.01. The van der Waals surface area contributed by atoms with Crippen molar-refractivity contribution < 1.29 is 19.0 Å². The Balaban J connectivity index is 1.66. The van der Waals surface area contributed by atoms with Gasteiger partial charge in [0.1, 0.15) is 12.4 Å². The number of carbonyl (C=O) groups excluding carboxylic acids is 1. The zero-order chi connectivity index (χ0) is 21.3. The number of nitrogens with zero attached hydrogens (tertiary/aromatic N) is 1. The summed E-state index contributed by atoms with van der Waals surface area (Å²) in [6, 6.07) is 12.7. The highest BCUT2D eigenvalue weighted by Gasteiger charge is 2.15. The van der Waals surface area contributed by atoms with Crippen LogP contribution in [0.3, 0.4) is 0 Å². The van der Waals surface area contributed by atoms with Crippen LogP contribution in [0.2, 0.25) is 0 Å². The van der Waals surface area contributed by atoms with Crippen LogP contribution in [0.25, 0.3) is 0 Å². The van der Waals surface area contributed by atoms with Gasteiger partial charge >= 0.3 is 0 Å². The van der Waals surface area contributed by atoms with Crippen molar-refractivity contribution in [2.75, 3.05) is 13.2 Å². The second-order valence-corrected chi connectivity index (χ2v) is 7.28. The Bertz CT molecular complexity index is 960. The van der Waals surface area contributed by atoms with Gasteiger partial charge in [-0.25, -0.2) is 4.98 Å². The van der Waals surface area contributed by atoms with Crippen molar-refractivity contribution in [1.82, 2.24) is 10.3 Å². The number of amides is 1. The lowest BCUT2D eigenvalue weighted by Crippen LogP contribution is -2.26. The fraction of sp³-hybridized carbons (Fsp3) is 0.304. The fourth-order valence-electron chi connectivity index (χ4n) is 2.89. The summed E-state index contributed by atoms with van der Waals surface area (Å²) in [6.45, 7) is 7.27. The molecule has 3 aromatic rings. The second-order valence-electron chi connectivity index (χ2n) is 6.56. The Morgan fingerprint density at radius 2 is 1.87 bits per heavy atom. The van der Waals surface area contributed by atoms with Gasteiger partial charge < -0.3 is 19.5 Å². The smallest absolute Gasteiger partial charge is 0.251 e. The molecular formula is C23H26N2O4S. The molecule has 158 valence electrons. The van der Waals surface area contributed by atoms with E-state index in [0.29, 0.717) is 42.6 Å². The summed E-state index contributed by atoms with van der Waals surface area (Å²) in [4.78, 5) is 17.0. The highest BCUT2D eigenvalue weighted by Crippen LogP contribution is 2.31. The molecule has 0 spiro atoms. The maximum Gasteiger partial charge on any atom is 0.251 e. The van der Waals surface area contributed by atoms with Gasteiger partial charge in [-0.1, -0.05) is 12.1 Å². The Labute approximate surface area is 180 Å². The lowest BCUT2D eigenvalue weighted by atomic mass is 10.1. The van der Waals surface area contributed by atoms with Gasteiger partial charge in [-0.3, -0.25) is 4.79 Å². The van der Waals surface area contributed by atoms with Crippen molar-refractivity contribution in [2.45, 2.75) is 33.4 Å². The quantitative estimate of drug-likeness (QED) is 0.493. The molecule has 0 bridgehead atoms. The van der Waals surface area contributed by atoms with E-state index in [0.717, 1.165) is 11.3 Å². The van der Waals surface area contributed by atoms with E-state index in [9.17, 15) is 4.79 Å². The third-order valence-electron chi connectivity index (χ3n) is 4.38. The van der Waals surface area contributed by atoms with E-state index in [2.05, 4.69) is 10.3 Å². The SMILES string of the molecule is CCOc1ccc(C(C)NC(=O)c2cccc(OCc3cscn3)c2)cc1OCC. The summed E-state index contributed by atoms with van der Waals surface area (Å²) < 4.78 is 17.0. The van der Waals surface area contributed by atoms with Crippen LogP contribution in [0.4, 0.5) is 0 Å². The molecule has 30 heavy (non-hydrogen) atoms. The summed E-state index contributed by atoms with van der Waals surface area (Å²) in [6.07, 6.45) is 0. The molecule has 0 saturated heterocycles. The molecule has 0 aliphatic heterocycles. The number of carbonyl (C=O) groups is 1. The summed E-state index contributed by atoms with van der Waals surface area (Å²) in [5, 5.41) is 4.96. The van der Waals surface area contributed by atoms with Gasteiger partial charge in [-0.15, -0.1) is 11.3 Å². The van der Waals surface area contributed by atoms with Crippen molar-refractivity contribution in [3.05, 3.63) is 70.2 Å². The lowest BCUT2D eigenvalue weighted by molar-refractivity contribution is 0.0939. The third-order valence-corrected chi connectivity index (χ3v) is 5.02. The molecule has 0 aliphatic rings. The van der Waals surface area contributed by atoms with E-state index >= 15 is 0 Å². The zero-order valence-electron chi connectivity index (χ0n) is 17.4. The first-order valence-electron chi connectivity index (χ1n) is 9.91. The summed E-state index contributed by atoms with van der Waals surface area (Å²) in [5.41, 5.74) is 4.10. The van der Waals surface area contributed by atoms with E-state index in [-0.39, 0.29) is 11.9 Å². The van der Waals surface area contributed by atoms with Crippen molar-refractivity contribution >= 4 is 17.2 Å². The maximum absolute atomic E-state index is 12.8. The molecule has 2 aromatic carbocycles. The largest absolute Gasteiger partial charge is 0.490 e. The number of benzene rings is 2. The normalized spacial score (nSPS) is 11.6. The number of rotatable bonds is 10. The van der Waals surface area contributed by atoms with Gasteiger partial charge in [-0.2, -0.15) is 0 Å². The molecule has 0 fully saturated rings. The molecule has 1 heterocycles. The third kappa shape index (κ3) is 5.73. The molecule has 1 N–H and O–H groups in total. The monoisotopic (exact) mass is 426 g/mol. The van der Waals surface area contributed by atoms with Crippen LogP contribution in [0.5, 0.6) is 17.2 Å².